The maximum atomic E-state index is 14.1. The van der Waals surface area contributed by atoms with E-state index in [1.54, 1.807) is 4.90 Å². The molecule has 0 spiro atoms. The summed E-state index contributed by atoms with van der Waals surface area (Å²) in [6.45, 7) is 1.72. The quantitative estimate of drug-likeness (QED) is 0.756. The van der Waals surface area contributed by atoms with E-state index < -0.39 is 17.7 Å². The average molecular weight is 446 g/mol. The predicted molar refractivity (Wildman–Crippen MR) is 118 cm³/mol. The molecule has 2 heterocycles. The summed E-state index contributed by atoms with van der Waals surface area (Å²) in [4.78, 5) is 29.7. The highest BCUT2D eigenvalue weighted by molar-refractivity contribution is 7.99. The number of anilines is 1. The Bertz CT molecular complexity index is 938. The van der Waals surface area contributed by atoms with Crippen LogP contribution < -0.4 is 5.32 Å². The zero-order chi connectivity index (χ0) is 21.8. The first kappa shape index (κ1) is 21.6. The van der Waals surface area contributed by atoms with Crippen molar-refractivity contribution in [2.45, 2.75) is 18.9 Å². The van der Waals surface area contributed by atoms with Gasteiger partial charge in [0, 0.05) is 37.2 Å². The highest BCUT2D eigenvalue weighted by Crippen LogP contribution is 2.35. The maximum absolute atomic E-state index is 14.1. The molecule has 2 fully saturated rings. The van der Waals surface area contributed by atoms with Crippen LogP contribution in [0.4, 0.5) is 19.3 Å². The van der Waals surface area contributed by atoms with Crippen molar-refractivity contribution < 1.29 is 18.4 Å². The highest BCUT2D eigenvalue weighted by atomic mass is 32.2. The van der Waals surface area contributed by atoms with Crippen molar-refractivity contribution in [1.82, 2.24) is 9.80 Å². The van der Waals surface area contributed by atoms with E-state index in [1.807, 2.05) is 47.0 Å². The third-order valence-electron chi connectivity index (χ3n) is 5.87. The second-order valence-electron chi connectivity index (χ2n) is 7.85. The van der Waals surface area contributed by atoms with Crippen LogP contribution in [0.3, 0.4) is 0 Å². The number of carbonyl (C=O) groups is 2. The highest BCUT2D eigenvalue weighted by Gasteiger charge is 2.37. The predicted octanol–water partition coefficient (Wildman–Crippen LogP) is 4.53. The maximum Gasteiger partial charge on any atom is 0.322 e. The van der Waals surface area contributed by atoms with Crippen LogP contribution in [0, 0.1) is 17.6 Å². The van der Waals surface area contributed by atoms with Gasteiger partial charge in [-0.05, 0) is 30.5 Å². The van der Waals surface area contributed by atoms with Gasteiger partial charge in [0.1, 0.15) is 11.6 Å². The Labute approximate surface area is 184 Å². The van der Waals surface area contributed by atoms with Crippen molar-refractivity contribution in [2.24, 2.45) is 5.92 Å². The molecule has 164 valence electrons. The Morgan fingerprint density at radius 2 is 1.74 bits per heavy atom. The number of nitrogens with zero attached hydrogens (tertiary/aromatic N) is 2. The van der Waals surface area contributed by atoms with Gasteiger partial charge in [0.25, 0.3) is 0 Å². The summed E-state index contributed by atoms with van der Waals surface area (Å²) in [5, 5.41) is 2.56. The van der Waals surface area contributed by atoms with E-state index in [1.165, 1.54) is 6.07 Å². The molecule has 8 heteroatoms. The number of likely N-dealkylation sites (tertiary alicyclic amines) is 1. The van der Waals surface area contributed by atoms with E-state index in [0.29, 0.717) is 12.8 Å². The number of piperidine rings is 1. The molecule has 2 aliphatic heterocycles. The normalized spacial score (nSPS) is 21.6. The van der Waals surface area contributed by atoms with Gasteiger partial charge in [0.2, 0.25) is 5.91 Å². The summed E-state index contributed by atoms with van der Waals surface area (Å²) < 4.78 is 27.3. The summed E-state index contributed by atoms with van der Waals surface area (Å²) in [7, 11) is 0. The molecule has 0 aromatic heterocycles. The molecular formula is C23H25F2N3O2S. The summed E-state index contributed by atoms with van der Waals surface area (Å²) in [6, 6.07) is 12.0. The van der Waals surface area contributed by atoms with Crippen molar-refractivity contribution in [3.63, 3.8) is 0 Å². The van der Waals surface area contributed by atoms with Crippen LogP contribution in [-0.4, -0.2) is 52.9 Å². The lowest BCUT2D eigenvalue weighted by Gasteiger charge is -2.41. The fraction of sp³-hybridized carbons (Fsp3) is 0.391. The van der Waals surface area contributed by atoms with Crippen LogP contribution in [-0.2, 0) is 4.79 Å². The molecule has 2 saturated heterocycles. The Kier molecular flexibility index (Phi) is 6.75. The largest absolute Gasteiger partial charge is 0.341 e. The molecule has 2 unspecified atom stereocenters. The fourth-order valence-corrected chi connectivity index (χ4v) is 5.14. The SMILES string of the molecule is O=C(C1CCC(c2ccccc2)N(C(=O)Nc2ccc(F)cc2F)C1)N1CCSCC1. The molecule has 0 radical (unpaired) electrons. The first-order chi connectivity index (χ1) is 15.0. The number of carbonyl (C=O) groups excluding carboxylic acids is 2. The summed E-state index contributed by atoms with van der Waals surface area (Å²) >= 11 is 1.84. The van der Waals surface area contributed by atoms with Crippen LogP contribution >= 0.6 is 11.8 Å². The van der Waals surface area contributed by atoms with E-state index in [2.05, 4.69) is 5.32 Å². The van der Waals surface area contributed by atoms with Crippen LogP contribution in [0.25, 0.3) is 0 Å². The summed E-state index contributed by atoms with van der Waals surface area (Å²) in [5.74, 6) is 0.115. The lowest BCUT2D eigenvalue weighted by Crippen LogP contribution is -2.50. The van der Waals surface area contributed by atoms with Gasteiger partial charge in [0.15, 0.2) is 0 Å². The number of nitrogens with one attached hydrogen (secondary N) is 1. The van der Waals surface area contributed by atoms with E-state index in [0.717, 1.165) is 42.3 Å². The van der Waals surface area contributed by atoms with Gasteiger partial charge in [-0.25, -0.2) is 13.6 Å². The molecule has 2 aliphatic rings. The first-order valence-electron chi connectivity index (χ1n) is 10.5. The monoisotopic (exact) mass is 445 g/mol. The number of halogens is 2. The first-order valence-corrected chi connectivity index (χ1v) is 11.6. The molecule has 31 heavy (non-hydrogen) atoms. The second kappa shape index (κ2) is 9.68. The molecule has 1 N–H and O–H groups in total. The van der Waals surface area contributed by atoms with Crippen molar-refractivity contribution in [3.05, 3.63) is 65.7 Å². The van der Waals surface area contributed by atoms with Gasteiger partial charge in [-0.15, -0.1) is 0 Å². The lowest BCUT2D eigenvalue weighted by atomic mass is 9.88. The molecular weight excluding hydrogens is 420 g/mol. The minimum Gasteiger partial charge on any atom is -0.341 e. The molecule has 3 amide bonds. The minimum absolute atomic E-state index is 0.0811. The number of benzene rings is 2. The third kappa shape index (κ3) is 5.01. The molecule has 4 rings (SSSR count). The van der Waals surface area contributed by atoms with Crippen LogP contribution in [0.15, 0.2) is 48.5 Å². The van der Waals surface area contributed by atoms with Crippen molar-refractivity contribution in [3.8, 4) is 0 Å². The molecule has 0 bridgehead atoms. The van der Waals surface area contributed by atoms with Crippen molar-refractivity contribution >= 4 is 29.4 Å². The number of urea groups is 1. The summed E-state index contributed by atoms with van der Waals surface area (Å²) in [5.41, 5.74) is 0.886. The zero-order valence-electron chi connectivity index (χ0n) is 17.1. The molecule has 2 atom stereocenters. The second-order valence-corrected chi connectivity index (χ2v) is 9.07. The van der Waals surface area contributed by atoms with Gasteiger partial charge in [-0.2, -0.15) is 11.8 Å². The Morgan fingerprint density at radius 3 is 2.45 bits per heavy atom. The van der Waals surface area contributed by atoms with Gasteiger partial charge < -0.3 is 15.1 Å². The lowest BCUT2D eigenvalue weighted by molar-refractivity contribution is -0.137. The van der Waals surface area contributed by atoms with E-state index in [9.17, 15) is 18.4 Å². The number of rotatable bonds is 3. The summed E-state index contributed by atoms with van der Waals surface area (Å²) in [6.07, 6.45) is 1.33. The number of amides is 3. The zero-order valence-corrected chi connectivity index (χ0v) is 17.9. The van der Waals surface area contributed by atoms with Crippen molar-refractivity contribution in [1.29, 1.82) is 0 Å². The Morgan fingerprint density at radius 1 is 1.00 bits per heavy atom. The van der Waals surface area contributed by atoms with E-state index >= 15 is 0 Å². The van der Waals surface area contributed by atoms with Gasteiger partial charge in [-0.1, -0.05) is 30.3 Å². The topological polar surface area (TPSA) is 52.7 Å². The van der Waals surface area contributed by atoms with Crippen LogP contribution in [0.5, 0.6) is 0 Å². The van der Waals surface area contributed by atoms with Gasteiger partial charge >= 0.3 is 6.03 Å². The molecule has 2 aromatic carbocycles. The van der Waals surface area contributed by atoms with E-state index in [-0.39, 0.29) is 30.1 Å². The number of hydrogen-bond acceptors (Lipinski definition) is 3. The molecule has 0 saturated carbocycles. The Hall–Kier alpha value is -2.61. The average Bonchev–Trinajstić information content (AvgIpc) is 2.81. The smallest absolute Gasteiger partial charge is 0.322 e. The third-order valence-corrected chi connectivity index (χ3v) is 6.81. The fourth-order valence-electron chi connectivity index (χ4n) is 4.24. The number of thioether (sulfide) groups is 1. The minimum atomic E-state index is -0.833. The number of hydrogen-bond donors (Lipinski definition) is 1. The van der Waals surface area contributed by atoms with Gasteiger partial charge in [-0.3, -0.25) is 4.79 Å². The standard InChI is InChI=1S/C23H25F2N3O2S/c24-18-7-8-20(19(25)14-18)26-23(30)28-15-17(22(29)27-10-12-31-13-11-27)6-9-21(28)16-4-2-1-3-5-16/h1-5,7-8,14,17,21H,6,9-13,15H2,(H,26,30). The molecule has 2 aromatic rings. The van der Waals surface area contributed by atoms with Gasteiger partial charge in [0.05, 0.1) is 17.6 Å². The molecule has 5 nitrogen and oxygen atoms in total. The van der Waals surface area contributed by atoms with Crippen molar-refractivity contribution in [2.75, 3.05) is 36.5 Å². The molecule has 0 aliphatic carbocycles. The van der Waals surface area contributed by atoms with Crippen LogP contribution in [0.2, 0.25) is 0 Å². The van der Waals surface area contributed by atoms with Crippen LogP contribution in [0.1, 0.15) is 24.4 Å². The van der Waals surface area contributed by atoms with E-state index in [4.69, 9.17) is 0 Å². The Balaban J connectivity index is 1.55.